The summed E-state index contributed by atoms with van der Waals surface area (Å²) in [5.41, 5.74) is 3.44. The summed E-state index contributed by atoms with van der Waals surface area (Å²) in [5, 5.41) is 10.4. The van der Waals surface area contributed by atoms with Gasteiger partial charge in [0.25, 0.3) is 0 Å². The van der Waals surface area contributed by atoms with Gasteiger partial charge in [-0.3, -0.25) is 0 Å². The quantitative estimate of drug-likeness (QED) is 0.538. The molecule has 0 unspecified atom stereocenters. The van der Waals surface area contributed by atoms with E-state index < -0.39 is 0 Å². The largest absolute Gasteiger partial charge is 0.461 e. The summed E-state index contributed by atoms with van der Waals surface area (Å²) in [6.45, 7) is 5.80. The summed E-state index contributed by atoms with van der Waals surface area (Å²) in [6.07, 6.45) is 1.89. The fourth-order valence-corrected chi connectivity index (χ4v) is 2.86. The molecule has 0 atom stereocenters. The lowest BCUT2D eigenvalue weighted by Gasteiger charge is -2.05. The molecule has 5 nitrogen and oxygen atoms in total. The molecular formula is C17H16N3O2+. The average molecular weight is 294 g/mol. The van der Waals surface area contributed by atoms with Gasteiger partial charge in [-0.15, -0.1) is 4.52 Å². The van der Waals surface area contributed by atoms with Crippen molar-refractivity contribution in [2.75, 3.05) is 6.61 Å². The highest BCUT2D eigenvalue weighted by molar-refractivity contribution is 5.90. The summed E-state index contributed by atoms with van der Waals surface area (Å²) in [4.78, 5) is 12.3. The molecule has 0 aliphatic rings. The van der Waals surface area contributed by atoms with Crippen molar-refractivity contribution >= 4 is 16.9 Å². The Morgan fingerprint density at radius 2 is 2.09 bits per heavy atom. The van der Waals surface area contributed by atoms with Crippen molar-refractivity contribution in [3.8, 4) is 6.07 Å². The Balaban J connectivity index is 2.52. The highest BCUT2D eigenvalue weighted by Gasteiger charge is 2.27. The lowest BCUT2D eigenvalue weighted by molar-refractivity contribution is -0.591. The topological polar surface area (TPSA) is 58.6 Å². The predicted molar refractivity (Wildman–Crippen MR) is 80.7 cm³/mol. The highest BCUT2D eigenvalue weighted by Crippen LogP contribution is 2.20. The van der Waals surface area contributed by atoms with Crippen molar-refractivity contribution in [1.82, 2.24) is 4.52 Å². The molecule has 0 N–H and O–H groups in total. The summed E-state index contributed by atoms with van der Waals surface area (Å²) in [5.74, 6) is -0.380. The molecular weight excluding hydrogens is 278 g/mol. The summed E-state index contributed by atoms with van der Waals surface area (Å²) in [7, 11) is 0. The molecule has 0 saturated heterocycles. The van der Waals surface area contributed by atoms with Gasteiger partial charge in [-0.2, -0.15) is 5.26 Å². The van der Waals surface area contributed by atoms with Crippen molar-refractivity contribution in [2.45, 2.75) is 20.8 Å². The number of nitriles is 1. The first-order valence-corrected chi connectivity index (χ1v) is 7.12. The number of hydrogen-bond donors (Lipinski definition) is 0. The van der Waals surface area contributed by atoms with Gasteiger partial charge in [-0.25, -0.2) is 4.79 Å². The van der Waals surface area contributed by atoms with Crippen molar-refractivity contribution < 1.29 is 14.0 Å². The number of hydrogen-bond acceptors (Lipinski definition) is 3. The molecule has 0 saturated carbocycles. The average Bonchev–Trinajstić information content (AvgIpc) is 2.86. The number of carbonyl (C=O) groups excluding carboxylic acids is 1. The Bertz CT molecular complexity index is 948. The third-order valence-corrected chi connectivity index (χ3v) is 3.80. The van der Waals surface area contributed by atoms with Crippen LogP contribution in [0.5, 0.6) is 0 Å². The molecule has 5 heteroatoms. The van der Waals surface area contributed by atoms with E-state index in [0.717, 1.165) is 22.2 Å². The first kappa shape index (κ1) is 14.1. The second-order valence-electron chi connectivity index (χ2n) is 5.13. The van der Waals surface area contributed by atoms with E-state index in [-0.39, 0.29) is 5.97 Å². The van der Waals surface area contributed by atoms with Crippen LogP contribution in [0, 0.1) is 25.2 Å². The minimum absolute atomic E-state index is 0.313. The van der Waals surface area contributed by atoms with Gasteiger partial charge in [-0.05, 0) is 26.8 Å². The first-order chi connectivity index (χ1) is 10.6. The van der Waals surface area contributed by atoms with E-state index in [9.17, 15) is 10.1 Å². The van der Waals surface area contributed by atoms with Gasteiger partial charge in [0, 0.05) is 6.07 Å². The number of carbonyl (C=O) groups is 1. The van der Waals surface area contributed by atoms with Crippen molar-refractivity contribution in [2.24, 2.45) is 0 Å². The highest BCUT2D eigenvalue weighted by atomic mass is 16.5. The van der Waals surface area contributed by atoms with Gasteiger partial charge in [0.05, 0.1) is 28.8 Å². The molecule has 0 bridgehead atoms. The second kappa shape index (κ2) is 5.15. The van der Waals surface area contributed by atoms with E-state index in [2.05, 4.69) is 6.07 Å². The summed E-state index contributed by atoms with van der Waals surface area (Å²) >= 11 is 0. The standard InChI is InChI=1S/C17H16N3O2/c1-4-22-17(21)16-11(2)10-19-15-8-6-5-7-13(15)14(9-18)12(3)20(16)19/h5-8,10H,4H2,1-3H3/q+1. The smallest absolute Gasteiger partial charge is 0.361 e. The minimum atomic E-state index is -0.380. The van der Waals surface area contributed by atoms with Crippen LogP contribution in [0.3, 0.4) is 0 Å². The molecule has 0 amide bonds. The fourth-order valence-electron chi connectivity index (χ4n) is 2.86. The number of benzene rings is 1. The molecule has 110 valence electrons. The summed E-state index contributed by atoms with van der Waals surface area (Å²) in [6, 6.07) is 9.92. The number of fused-ring (bicyclic) bond motifs is 3. The predicted octanol–water partition coefficient (Wildman–Crippen LogP) is 2.34. The molecule has 0 aliphatic heterocycles. The molecule has 0 radical (unpaired) electrons. The zero-order valence-corrected chi connectivity index (χ0v) is 12.8. The lowest BCUT2D eigenvalue weighted by atomic mass is 10.1. The van der Waals surface area contributed by atoms with Crippen LogP contribution < -0.4 is 4.52 Å². The maximum absolute atomic E-state index is 12.3. The van der Waals surface area contributed by atoms with E-state index in [1.807, 2.05) is 48.8 Å². The summed E-state index contributed by atoms with van der Waals surface area (Å²) < 4.78 is 8.81. The van der Waals surface area contributed by atoms with Crippen molar-refractivity contribution in [3.05, 3.63) is 53.0 Å². The molecule has 1 aromatic carbocycles. The van der Waals surface area contributed by atoms with E-state index in [1.165, 1.54) is 0 Å². The van der Waals surface area contributed by atoms with Crippen LogP contribution in [0.4, 0.5) is 0 Å². The maximum Gasteiger partial charge on any atom is 0.361 e. The maximum atomic E-state index is 12.3. The molecule has 0 aliphatic carbocycles. The number of aromatic nitrogens is 2. The van der Waals surface area contributed by atoms with Crippen LogP contribution in [0.15, 0.2) is 30.5 Å². The molecule has 0 spiro atoms. The van der Waals surface area contributed by atoms with E-state index >= 15 is 0 Å². The Labute approximate surface area is 128 Å². The number of rotatable bonds is 2. The van der Waals surface area contributed by atoms with Gasteiger partial charge in [0.1, 0.15) is 6.07 Å². The monoisotopic (exact) mass is 294 g/mol. The van der Waals surface area contributed by atoms with E-state index in [4.69, 9.17) is 4.74 Å². The van der Waals surface area contributed by atoms with Crippen LogP contribution in [-0.2, 0) is 4.74 Å². The number of ether oxygens (including phenoxy) is 1. The Morgan fingerprint density at radius 1 is 1.36 bits per heavy atom. The van der Waals surface area contributed by atoms with Gasteiger partial charge in [0.15, 0.2) is 5.69 Å². The van der Waals surface area contributed by atoms with Crippen LogP contribution >= 0.6 is 0 Å². The number of aryl methyl sites for hydroxylation is 2. The molecule has 0 fully saturated rings. The lowest BCUT2D eigenvalue weighted by Crippen LogP contribution is -2.32. The van der Waals surface area contributed by atoms with Gasteiger partial charge < -0.3 is 4.74 Å². The molecule has 22 heavy (non-hydrogen) atoms. The number of esters is 1. The Kier molecular flexibility index (Phi) is 3.30. The van der Waals surface area contributed by atoms with E-state index in [0.29, 0.717) is 17.9 Å². The molecule has 2 aromatic heterocycles. The van der Waals surface area contributed by atoms with Crippen molar-refractivity contribution in [3.63, 3.8) is 0 Å². The Hall–Kier alpha value is -2.87. The second-order valence-corrected chi connectivity index (χ2v) is 5.13. The van der Waals surface area contributed by atoms with Gasteiger partial charge >= 0.3 is 5.97 Å². The normalized spacial score (nSPS) is 10.8. The number of nitrogens with zero attached hydrogens (tertiary/aromatic N) is 3. The Morgan fingerprint density at radius 3 is 2.77 bits per heavy atom. The third kappa shape index (κ3) is 1.85. The fraction of sp³-hybridized carbons (Fsp3) is 0.235. The number of para-hydroxylation sites is 1. The van der Waals surface area contributed by atoms with Crippen LogP contribution in [-0.4, -0.2) is 17.1 Å². The zero-order valence-electron chi connectivity index (χ0n) is 12.8. The SMILES string of the molecule is CCOC(=O)c1c(C)c[n+]2c3ccccc3c(C#N)c(C)n12. The van der Waals surface area contributed by atoms with Crippen LogP contribution in [0.25, 0.3) is 10.9 Å². The van der Waals surface area contributed by atoms with Gasteiger partial charge in [-0.1, -0.05) is 16.6 Å². The van der Waals surface area contributed by atoms with Crippen molar-refractivity contribution in [1.29, 1.82) is 5.26 Å². The van der Waals surface area contributed by atoms with Crippen LogP contribution in [0.1, 0.15) is 34.2 Å². The minimum Gasteiger partial charge on any atom is -0.461 e. The first-order valence-electron chi connectivity index (χ1n) is 7.12. The zero-order chi connectivity index (χ0) is 15.9. The molecule has 2 heterocycles. The molecule has 3 rings (SSSR count). The van der Waals surface area contributed by atoms with Crippen LogP contribution in [0.2, 0.25) is 0 Å². The van der Waals surface area contributed by atoms with E-state index in [1.54, 1.807) is 11.4 Å². The van der Waals surface area contributed by atoms with Gasteiger partial charge in [0.2, 0.25) is 11.7 Å². The third-order valence-electron chi connectivity index (χ3n) is 3.80. The molecule has 3 aromatic rings.